The van der Waals surface area contributed by atoms with E-state index in [1.165, 1.54) is 23.1 Å². The van der Waals surface area contributed by atoms with Gasteiger partial charge in [-0.15, -0.1) is 5.10 Å². The van der Waals surface area contributed by atoms with Crippen molar-refractivity contribution in [3.8, 4) is 5.69 Å². The third kappa shape index (κ3) is 2.45. The molecule has 4 rings (SSSR count). The van der Waals surface area contributed by atoms with Gasteiger partial charge < -0.3 is 4.84 Å². The molecule has 0 spiro atoms. The van der Waals surface area contributed by atoms with Crippen LogP contribution in [0.5, 0.6) is 0 Å². The first-order valence-corrected chi connectivity index (χ1v) is 7.32. The highest BCUT2D eigenvalue weighted by molar-refractivity contribution is 6.21. The van der Waals surface area contributed by atoms with Crippen LogP contribution < -0.4 is 0 Å². The van der Waals surface area contributed by atoms with Gasteiger partial charge in [-0.2, -0.15) is 0 Å². The summed E-state index contributed by atoms with van der Waals surface area (Å²) in [4.78, 5) is 45.3. The zero-order valence-electron chi connectivity index (χ0n) is 12.7. The number of rotatable bonds is 3. The summed E-state index contributed by atoms with van der Waals surface area (Å²) in [6, 6.07) is 15.3. The maximum atomic E-state index is 12.2. The fraction of sp³-hybridized carbons (Fsp3) is 0. The van der Waals surface area contributed by atoms with E-state index >= 15 is 0 Å². The standard InChI is InChI=1S/C17H10N4O4/c22-15-12-8-4-5-9-13(12)16(23)21(15)25-17(24)14-18-10-20(19-14)11-6-2-1-3-7-11/h1-10H. The molecule has 122 valence electrons. The zero-order valence-corrected chi connectivity index (χ0v) is 12.7. The molecule has 8 nitrogen and oxygen atoms in total. The predicted octanol–water partition coefficient (Wildman–Crippen LogP) is 1.64. The van der Waals surface area contributed by atoms with E-state index in [2.05, 4.69) is 10.1 Å². The van der Waals surface area contributed by atoms with Crippen LogP contribution in [-0.2, 0) is 4.84 Å². The van der Waals surface area contributed by atoms with Gasteiger partial charge in [-0.3, -0.25) is 9.59 Å². The second kappa shape index (κ2) is 5.68. The highest BCUT2D eigenvalue weighted by atomic mass is 16.7. The van der Waals surface area contributed by atoms with Crippen molar-refractivity contribution >= 4 is 17.8 Å². The summed E-state index contributed by atoms with van der Waals surface area (Å²) >= 11 is 0. The normalized spacial score (nSPS) is 13.0. The van der Waals surface area contributed by atoms with Gasteiger partial charge in [-0.1, -0.05) is 35.4 Å². The van der Waals surface area contributed by atoms with Crippen molar-refractivity contribution in [2.45, 2.75) is 0 Å². The Kier molecular flexibility index (Phi) is 3.35. The molecule has 0 saturated heterocycles. The van der Waals surface area contributed by atoms with E-state index < -0.39 is 17.8 Å². The lowest BCUT2D eigenvalue weighted by Gasteiger charge is -2.10. The number of benzene rings is 2. The van der Waals surface area contributed by atoms with Crippen LogP contribution >= 0.6 is 0 Å². The number of carbonyl (C=O) groups is 3. The van der Waals surface area contributed by atoms with Crippen LogP contribution in [0.25, 0.3) is 5.69 Å². The van der Waals surface area contributed by atoms with E-state index in [4.69, 9.17) is 4.84 Å². The third-order valence-corrected chi connectivity index (χ3v) is 3.63. The molecule has 25 heavy (non-hydrogen) atoms. The summed E-state index contributed by atoms with van der Waals surface area (Å²) in [5.74, 6) is -2.66. The lowest BCUT2D eigenvalue weighted by atomic mass is 10.1. The lowest BCUT2D eigenvalue weighted by Crippen LogP contribution is -2.33. The number of fused-ring (bicyclic) bond motifs is 1. The van der Waals surface area contributed by atoms with Crippen molar-refractivity contribution in [1.29, 1.82) is 0 Å². The number of para-hydroxylation sites is 1. The molecule has 0 radical (unpaired) electrons. The molecule has 0 saturated carbocycles. The number of hydrogen-bond donors (Lipinski definition) is 0. The van der Waals surface area contributed by atoms with Crippen LogP contribution in [0.4, 0.5) is 0 Å². The molecular formula is C17H10N4O4. The Morgan fingerprint density at radius 2 is 1.48 bits per heavy atom. The average molecular weight is 334 g/mol. The van der Waals surface area contributed by atoms with E-state index in [9.17, 15) is 14.4 Å². The fourth-order valence-electron chi connectivity index (χ4n) is 2.44. The van der Waals surface area contributed by atoms with Gasteiger partial charge in [0.05, 0.1) is 16.8 Å². The van der Waals surface area contributed by atoms with Gasteiger partial charge in [0.25, 0.3) is 17.6 Å². The van der Waals surface area contributed by atoms with Crippen LogP contribution in [0, 0.1) is 0 Å². The zero-order chi connectivity index (χ0) is 17.4. The van der Waals surface area contributed by atoms with E-state index in [1.54, 1.807) is 24.3 Å². The number of nitrogens with zero attached hydrogens (tertiary/aromatic N) is 4. The largest absolute Gasteiger partial charge is 0.403 e. The van der Waals surface area contributed by atoms with Crippen molar-refractivity contribution in [3.63, 3.8) is 0 Å². The summed E-state index contributed by atoms with van der Waals surface area (Å²) in [6.45, 7) is 0. The second-order valence-electron chi connectivity index (χ2n) is 5.18. The Morgan fingerprint density at radius 1 is 0.880 bits per heavy atom. The summed E-state index contributed by atoms with van der Waals surface area (Å²) in [6.07, 6.45) is 1.34. The molecule has 0 atom stereocenters. The van der Waals surface area contributed by atoms with Gasteiger partial charge in [0.1, 0.15) is 6.33 Å². The summed E-state index contributed by atoms with van der Waals surface area (Å²) in [5, 5.41) is 4.43. The Balaban J connectivity index is 1.55. The fourth-order valence-corrected chi connectivity index (χ4v) is 2.44. The molecule has 0 N–H and O–H groups in total. The maximum absolute atomic E-state index is 12.2. The lowest BCUT2D eigenvalue weighted by molar-refractivity contribution is -0.0592. The summed E-state index contributed by atoms with van der Waals surface area (Å²) in [7, 11) is 0. The quantitative estimate of drug-likeness (QED) is 0.676. The highest BCUT2D eigenvalue weighted by Gasteiger charge is 2.39. The Labute approximate surface area is 141 Å². The van der Waals surface area contributed by atoms with Gasteiger partial charge >= 0.3 is 5.97 Å². The number of amides is 2. The van der Waals surface area contributed by atoms with Crippen molar-refractivity contribution in [2.75, 3.05) is 0 Å². The summed E-state index contributed by atoms with van der Waals surface area (Å²) in [5.41, 5.74) is 1.07. The molecule has 1 aromatic heterocycles. The van der Waals surface area contributed by atoms with Crippen molar-refractivity contribution in [2.24, 2.45) is 0 Å². The molecule has 3 aromatic rings. The Hall–Kier alpha value is -3.81. The topological polar surface area (TPSA) is 94.4 Å². The molecule has 0 unspecified atom stereocenters. The van der Waals surface area contributed by atoms with Gasteiger partial charge in [-0.05, 0) is 24.3 Å². The number of carbonyl (C=O) groups excluding carboxylic acids is 3. The van der Waals surface area contributed by atoms with Gasteiger partial charge in [0.2, 0.25) is 0 Å². The molecule has 1 aliphatic rings. The van der Waals surface area contributed by atoms with Crippen LogP contribution in [-0.4, -0.2) is 37.6 Å². The van der Waals surface area contributed by atoms with Gasteiger partial charge in [0, 0.05) is 0 Å². The van der Waals surface area contributed by atoms with E-state index in [0.29, 0.717) is 10.8 Å². The molecule has 8 heteroatoms. The van der Waals surface area contributed by atoms with E-state index in [1.807, 2.05) is 18.2 Å². The van der Waals surface area contributed by atoms with Crippen molar-refractivity contribution < 1.29 is 19.2 Å². The molecular weight excluding hydrogens is 324 g/mol. The maximum Gasteiger partial charge on any atom is 0.403 e. The average Bonchev–Trinajstić information content (AvgIpc) is 3.23. The minimum absolute atomic E-state index is 0.183. The van der Waals surface area contributed by atoms with Crippen molar-refractivity contribution in [3.05, 3.63) is 77.9 Å². The molecule has 0 bridgehead atoms. The van der Waals surface area contributed by atoms with Gasteiger partial charge in [0.15, 0.2) is 0 Å². The number of hydrogen-bond acceptors (Lipinski definition) is 6. The number of hydroxylamine groups is 2. The molecule has 0 aliphatic carbocycles. The first-order chi connectivity index (χ1) is 12.1. The highest BCUT2D eigenvalue weighted by Crippen LogP contribution is 2.23. The monoisotopic (exact) mass is 334 g/mol. The third-order valence-electron chi connectivity index (χ3n) is 3.63. The first-order valence-electron chi connectivity index (χ1n) is 7.32. The minimum Gasteiger partial charge on any atom is -0.321 e. The number of imide groups is 1. The van der Waals surface area contributed by atoms with E-state index in [0.717, 1.165) is 0 Å². The van der Waals surface area contributed by atoms with Crippen LogP contribution in [0.15, 0.2) is 60.9 Å². The molecule has 1 aliphatic heterocycles. The van der Waals surface area contributed by atoms with Crippen LogP contribution in [0.2, 0.25) is 0 Å². The van der Waals surface area contributed by atoms with Crippen LogP contribution in [0.1, 0.15) is 31.3 Å². The summed E-state index contributed by atoms with van der Waals surface area (Å²) < 4.78 is 1.39. The predicted molar refractivity (Wildman–Crippen MR) is 83.7 cm³/mol. The molecule has 2 amide bonds. The minimum atomic E-state index is -0.996. The molecule has 0 fully saturated rings. The van der Waals surface area contributed by atoms with E-state index in [-0.39, 0.29) is 17.0 Å². The van der Waals surface area contributed by atoms with Crippen LogP contribution in [0.3, 0.4) is 0 Å². The second-order valence-corrected chi connectivity index (χ2v) is 5.18. The molecule has 2 aromatic carbocycles. The number of aromatic nitrogens is 3. The Bertz CT molecular complexity index is 962. The SMILES string of the molecule is O=C(ON1C(=O)c2ccccc2C1=O)c1ncn(-c2ccccc2)n1. The van der Waals surface area contributed by atoms with Gasteiger partial charge in [-0.25, -0.2) is 14.5 Å². The Morgan fingerprint density at radius 3 is 2.12 bits per heavy atom. The van der Waals surface area contributed by atoms with Crippen molar-refractivity contribution in [1.82, 2.24) is 19.8 Å². The first kappa shape index (κ1) is 14.8. The smallest absolute Gasteiger partial charge is 0.321 e. The molecule has 2 heterocycles.